The van der Waals surface area contributed by atoms with Crippen LogP contribution in [0.4, 0.5) is 23.7 Å². The van der Waals surface area contributed by atoms with Gasteiger partial charge >= 0.3 is 12.2 Å². The number of nitrogens with one attached hydrogen (secondary N) is 3. The van der Waals surface area contributed by atoms with Crippen molar-refractivity contribution >= 4 is 23.8 Å². The number of halogens is 3. The molecule has 10 heteroatoms. The Morgan fingerprint density at radius 1 is 1.13 bits per heavy atom. The van der Waals surface area contributed by atoms with E-state index in [0.29, 0.717) is 6.61 Å². The van der Waals surface area contributed by atoms with Crippen LogP contribution < -0.4 is 20.8 Å². The van der Waals surface area contributed by atoms with Gasteiger partial charge in [0.25, 0.3) is 5.91 Å². The number of benzene rings is 2. The van der Waals surface area contributed by atoms with E-state index in [2.05, 4.69) is 28.1 Å². The minimum Gasteiger partial charge on any atom is -0.494 e. The molecule has 3 amide bonds. The lowest BCUT2D eigenvalue weighted by atomic mass is 10.2. The van der Waals surface area contributed by atoms with Crippen LogP contribution in [0.1, 0.15) is 30.9 Å². The number of hydrogen-bond acceptors (Lipinski definition) is 4. The molecule has 0 unspecified atom stereocenters. The SMILES string of the molecule is CCCCOc1ccc(/C=N/NC(=O)CNC(=O)Nc2cccc(C(F)(F)F)c2)cc1. The number of alkyl halides is 3. The number of ether oxygens (including phenoxy) is 1. The van der Waals surface area contributed by atoms with Crippen molar-refractivity contribution in [3.05, 3.63) is 59.7 Å². The van der Waals surface area contributed by atoms with Crippen LogP contribution in [0.2, 0.25) is 0 Å². The number of carbonyl (C=O) groups excluding carboxylic acids is 2. The van der Waals surface area contributed by atoms with E-state index in [-0.39, 0.29) is 5.69 Å². The van der Waals surface area contributed by atoms with Gasteiger partial charge in [0, 0.05) is 5.69 Å². The molecule has 2 aromatic carbocycles. The van der Waals surface area contributed by atoms with Gasteiger partial charge in [0.15, 0.2) is 0 Å². The third kappa shape index (κ3) is 8.77. The van der Waals surface area contributed by atoms with E-state index in [1.807, 2.05) is 0 Å². The van der Waals surface area contributed by atoms with Gasteiger partial charge < -0.3 is 15.4 Å². The zero-order valence-electron chi connectivity index (χ0n) is 16.8. The number of hydrazone groups is 1. The minimum absolute atomic E-state index is 0.0483. The summed E-state index contributed by atoms with van der Waals surface area (Å²) in [5.41, 5.74) is 2.04. The highest BCUT2D eigenvalue weighted by Gasteiger charge is 2.30. The molecule has 0 aliphatic heterocycles. The Kier molecular flexibility index (Phi) is 8.86. The molecular weight excluding hydrogens is 413 g/mol. The summed E-state index contributed by atoms with van der Waals surface area (Å²) in [5.74, 6) is 0.139. The maximum absolute atomic E-state index is 12.7. The smallest absolute Gasteiger partial charge is 0.416 e. The molecule has 7 nitrogen and oxygen atoms in total. The molecule has 0 saturated heterocycles. The highest BCUT2D eigenvalue weighted by Crippen LogP contribution is 2.30. The fourth-order valence-electron chi connectivity index (χ4n) is 2.31. The second kappa shape index (κ2) is 11.6. The van der Waals surface area contributed by atoms with Crippen LogP contribution in [-0.2, 0) is 11.0 Å². The number of rotatable bonds is 9. The topological polar surface area (TPSA) is 91.8 Å². The largest absolute Gasteiger partial charge is 0.494 e. The normalized spacial score (nSPS) is 11.2. The summed E-state index contributed by atoms with van der Waals surface area (Å²) in [5, 5.41) is 8.26. The summed E-state index contributed by atoms with van der Waals surface area (Å²) in [4.78, 5) is 23.5. The van der Waals surface area contributed by atoms with Gasteiger partial charge in [-0.15, -0.1) is 0 Å². The summed E-state index contributed by atoms with van der Waals surface area (Å²) >= 11 is 0. The summed E-state index contributed by atoms with van der Waals surface area (Å²) in [6, 6.07) is 10.5. The molecule has 0 saturated carbocycles. The van der Waals surface area contributed by atoms with Crippen molar-refractivity contribution in [2.75, 3.05) is 18.5 Å². The van der Waals surface area contributed by atoms with Crippen molar-refractivity contribution in [3.8, 4) is 5.75 Å². The lowest BCUT2D eigenvalue weighted by Gasteiger charge is -2.10. The molecule has 3 N–H and O–H groups in total. The highest BCUT2D eigenvalue weighted by atomic mass is 19.4. The summed E-state index contributed by atoms with van der Waals surface area (Å²) in [6.45, 7) is 2.32. The molecular formula is C21H23F3N4O3. The van der Waals surface area contributed by atoms with Crippen LogP contribution in [-0.4, -0.2) is 31.3 Å². The van der Waals surface area contributed by atoms with Crippen molar-refractivity contribution in [1.29, 1.82) is 0 Å². The Balaban J connectivity index is 1.73. The predicted octanol–water partition coefficient (Wildman–Crippen LogP) is 4.16. The number of urea groups is 1. The van der Waals surface area contributed by atoms with E-state index < -0.39 is 30.2 Å². The Morgan fingerprint density at radius 3 is 2.55 bits per heavy atom. The van der Waals surface area contributed by atoms with Crippen LogP contribution in [0.25, 0.3) is 0 Å². The van der Waals surface area contributed by atoms with E-state index in [4.69, 9.17) is 4.74 Å². The average molecular weight is 436 g/mol. The second-order valence-electron chi connectivity index (χ2n) is 6.45. The Labute approximate surface area is 177 Å². The number of anilines is 1. The van der Waals surface area contributed by atoms with E-state index in [1.165, 1.54) is 18.3 Å². The summed E-state index contributed by atoms with van der Waals surface area (Å²) in [6.07, 6.45) is -1.07. The van der Waals surface area contributed by atoms with Gasteiger partial charge in [0.05, 0.1) is 18.4 Å². The molecule has 0 radical (unpaired) electrons. The molecule has 0 bridgehead atoms. The zero-order valence-corrected chi connectivity index (χ0v) is 16.8. The second-order valence-corrected chi connectivity index (χ2v) is 6.45. The molecule has 0 aliphatic rings. The zero-order chi connectivity index (χ0) is 22.7. The van der Waals surface area contributed by atoms with E-state index in [0.717, 1.165) is 36.3 Å². The van der Waals surface area contributed by atoms with Crippen LogP contribution in [0, 0.1) is 0 Å². The molecule has 0 heterocycles. The first kappa shape index (κ1) is 23.7. The first-order valence-corrected chi connectivity index (χ1v) is 9.55. The Hall–Kier alpha value is -3.56. The van der Waals surface area contributed by atoms with Gasteiger partial charge in [0.1, 0.15) is 12.3 Å². The molecule has 0 aromatic heterocycles. The Bertz CT molecular complexity index is 899. The van der Waals surface area contributed by atoms with Gasteiger partial charge in [0.2, 0.25) is 0 Å². The van der Waals surface area contributed by atoms with Crippen molar-refractivity contribution in [2.45, 2.75) is 25.9 Å². The molecule has 0 spiro atoms. The average Bonchev–Trinajstić information content (AvgIpc) is 2.73. The minimum atomic E-state index is -4.52. The standard InChI is InChI=1S/C21H23F3N4O3/c1-2-3-11-31-18-9-7-15(8-10-18)13-26-28-19(29)14-25-20(30)27-17-6-4-5-16(12-17)21(22,23)24/h4-10,12-13H,2-3,11,14H2,1H3,(H,28,29)(H2,25,27,30)/b26-13+. The van der Waals surface area contributed by atoms with Crippen molar-refractivity contribution in [3.63, 3.8) is 0 Å². The van der Waals surface area contributed by atoms with Crippen molar-refractivity contribution < 1.29 is 27.5 Å². The van der Waals surface area contributed by atoms with Crippen molar-refractivity contribution in [2.24, 2.45) is 5.10 Å². The van der Waals surface area contributed by atoms with Crippen LogP contribution in [0.15, 0.2) is 53.6 Å². The van der Waals surface area contributed by atoms with Crippen molar-refractivity contribution in [1.82, 2.24) is 10.7 Å². The van der Waals surface area contributed by atoms with Crippen LogP contribution in [0.3, 0.4) is 0 Å². The first-order valence-electron chi connectivity index (χ1n) is 9.55. The maximum Gasteiger partial charge on any atom is 0.416 e. The third-order valence-corrected chi connectivity index (χ3v) is 3.91. The van der Waals surface area contributed by atoms with Gasteiger partial charge in [-0.25, -0.2) is 10.2 Å². The predicted molar refractivity (Wildman–Crippen MR) is 111 cm³/mol. The number of carbonyl (C=O) groups is 2. The van der Waals surface area contributed by atoms with Crippen LogP contribution >= 0.6 is 0 Å². The number of amides is 3. The maximum atomic E-state index is 12.7. The quantitative estimate of drug-likeness (QED) is 0.313. The fourth-order valence-corrected chi connectivity index (χ4v) is 2.31. The summed E-state index contributed by atoms with van der Waals surface area (Å²) < 4.78 is 43.6. The molecule has 0 atom stereocenters. The first-order chi connectivity index (χ1) is 14.8. The lowest BCUT2D eigenvalue weighted by molar-refractivity contribution is -0.137. The molecule has 0 aliphatic carbocycles. The molecule has 166 valence electrons. The van der Waals surface area contributed by atoms with Gasteiger partial charge in [-0.3, -0.25) is 4.79 Å². The highest BCUT2D eigenvalue weighted by molar-refractivity contribution is 5.92. The fraction of sp³-hybridized carbons (Fsp3) is 0.286. The number of nitrogens with zero attached hydrogens (tertiary/aromatic N) is 1. The van der Waals surface area contributed by atoms with E-state index >= 15 is 0 Å². The van der Waals surface area contributed by atoms with Gasteiger partial charge in [-0.1, -0.05) is 19.4 Å². The molecule has 31 heavy (non-hydrogen) atoms. The Morgan fingerprint density at radius 2 is 1.87 bits per heavy atom. The number of hydrogen-bond donors (Lipinski definition) is 3. The van der Waals surface area contributed by atoms with E-state index in [9.17, 15) is 22.8 Å². The van der Waals surface area contributed by atoms with Gasteiger partial charge in [-0.2, -0.15) is 18.3 Å². The molecule has 2 rings (SSSR count). The number of unbranched alkanes of at least 4 members (excludes halogenated alkanes) is 1. The third-order valence-electron chi connectivity index (χ3n) is 3.91. The monoisotopic (exact) mass is 436 g/mol. The van der Waals surface area contributed by atoms with Crippen LogP contribution in [0.5, 0.6) is 5.75 Å². The van der Waals surface area contributed by atoms with E-state index in [1.54, 1.807) is 24.3 Å². The van der Waals surface area contributed by atoms with Gasteiger partial charge in [-0.05, 0) is 54.4 Å². The lowest BCUT2D eigenvalue weighted by Crippen LogP contribution is -2.37. The molecule has 2 aromatic rings. The molecule has 0 fully saturated rings. The summed E-state index contributed by atoms with van der Waals surface area (Å²) in [7, 11) is 0.